The quantitative estimate of drug-likeness (QED) is 0.590. The lowest BCUT2D eigenvalue weighted by atomic mass is 9.77. The molecular weight excluding hydrogens is 390 g/mol. The molecule has 140 valence electrons. The van der Waals surface area contributed by atoms with Gasteiger partial charge in [-0.05, 0) is 35.8 Å². The summed E-state index contributed by atoms with van der Waals surface area (Å²) >= 11 is 7.50. The summed E-state index contributed by atoms with van der Waals surface area (Å²) < 4.78 is 0. The molecule has 0 spiro atoms. The van der Waals surface area contributed by atoms with E-state index < -0.39 is 5.56 Å². The van der Waals surface area contributed by atoms with E-state index in [1.165, 1.54) is 4.88 Å². The highest BCUT2D eigenvalue weighted by Gasteiger charge is 2.32. The number of nitrogens with one attached hydrogen (secondary N) is 1. The molecule has 1 aromatic carbocycles. The van der Waals surface area contributed by atoms with Crippen molar-refractivity contribution in [3.05, 3.63) is 72.9 Å². The second kappa shape index (κ2) is 6.66. The molecule has 0 aliphatic heterocycles. The van der Waals surface area contributed by atoms with Crippen LogP contribution in [0, 0.1) is 11.3 Å². The zero-order valence-electron chi connectivity index (χ0n) is 15.5. The van der Waals surface area contributed by atoms with Crippen LogP contribution in [0.3, 0.4) is 0 Å². The molecule has 0 unspecified atom stereocenters. The lowest BCUT2D eigenvalue weighted by molar-refractivity contribution is 0.531. The van der Waals surface area contributed by atoms with Crippen LogP contribution in [0.4, 0.5) is 5.69 Å². The smallest absolute Gasteiger partial charge is 0.269 e. The Morgan fingerprint density at radius 3 is 2.68 bits per heavy atom. The monoisotopic (exact) mass is 407 g/mol. The van der Waals surface area contributed by atoms with Crippen molar-refractivity contribution in [2.24, 2.45) is 0 Å². The number of nitrogen functional groups attached to an aromatic ring is 1. The number of allylic oxidation sites excluding steroid dienone is 2. The number of fused-ring (bicyclic) bond motifs is 3. The van der Waals surface area contributed by atoms with Crippen molar-refractivity contribution in [3.8, 4) is 6.07 Å². The van der Waals surface area contributed by atoms with Crippen LogP contribution in [0.5, 0.6) is 0 Å². The molecule has 4 rings (SSSR count). The van der Waals surface area contributed by atoms with Crippen LogP contribution in [0.25, 0.3) is 22.4 Å². The minimum Gasteiger partial charge on any atom is -0.397 e. The summed E-state index contributed by atoms with van der Waals surface area (Å²) in [5, 5.41) is 10.8. The van der Waals surface area contributed by atoms with Crippen LogP contribution in [0.15, 0.2) is 40.7 Å². The Labute approximate surface area is 171 Å². The van der Waals surface area contributed by atoms with E-state index in [1.54, 1.807) is 11.3 Å². The Bertz CT molecular complexity index is 1250. The third-order valence-electron chi connectivity index (χ3n) is 5.00. The van der Waals surface area contributed by atoms with Gasteiger partial charge >= 0.3 is 0 Å². The molecule has 1 aliphatic rings. The van der Waals surface area contributed by atoms with Crippen LogP contribution >= 0.6 is 22.9 Å². The van der Waals surface area contributed by atoms with E-state index in [4.69, 9.17) is 17.3 Å². The van der Waals surface area contributed by atoms with Gasteiger partial charge in [0.1, 0.15) is 16.5 Å². The summed E-state index contributed by atoms with van der Waals surface area (Å²) in [4.78, 5) is 16.8. The Hall–Kier alpha value is -2.81. The lowest BCUT2D eigenvalue weighted by Crippen LogP contribution is -2.20. The lowest BCUT2D eigenvalue weighted by Gasteiger charge is -2.29. The maximum absolute atomic E-state index is 12.1. The summed E-state index contributed by atoms with van der Waals surface area (Å²) in [7, 11) is 0. The van der Waals surface area contributed by atoms with Gasteiger partial charge in [-0.3, -0.25) is 4.79 Å². The van der Waals surface area contributed by atoms with Crippen molar-refractivity contribution < 1.29 is 0 Å². The fourth-order valence-corrected chi connectivity index (χ4v) is 5.09. The second-order valence-corrected chi connectivity index (χ2v) is 9.03. The topological polar surface area (TPSA) is 82.7 Å². The third kappa shape index (κ3) is 3.05. The van der Waals surface area contributed by atoms with Gasteiger partial charge in [-0.1, -0.05) is 49.7 Å². The normalized spacial score (nSPS) is 15.4. The molecule has 1 aliphatic carbocycles. The molecular formula is C22H18ClN3OS. The SMILES string of the molecule is CC1(C)CC(/C=C/c2ccc(Cl)cc2)=Cc2c1sc1[nH]c(=O)c(C#N)c(N)c21. The molecule has 0 fully saturated rings. The summed E-state index contributed by atoms with van der Waals surface area (Å²) in [6.45, 7) is 4.37. The second-order valence-electron chi connectivity index (χ2n) is 7.57. The first-order chi connectivity index (χ1) is 13.3. The highest BCUT2D eigenvalue weighted by Crippen LogP contribution is 2.47. The average Bonchev–Trinajstić information content (AvgIpc) is 3.00. The van der Waals surface area contributed by atoms with E-state index >= 15 is 0 Å². The largest absolute Gasteiger partial charge is 0.397 e. The van der Waals surface area contributed by atoms with Gasteiger partial charge in [0.15, 0.2) is 0 Å². The van der Waals surface area contributed by atoms with Crippen LogP contribution in [0.1, 0.15) is 41.8 Å². The summed E-state index contributed by atoms with van der Waals surface area (Å²) in [6, 6.07) is 9.60. The Morgan fingerprint density at radius 2 is 2.00 bits per heavy atom. The highest BCUT2D eigenvalue weighted by molar-refractivity contribution is 7.19. The van der Waals surface area contributed by atoms with Crippen LogP contribution in [0.2, 0.25) is 5.02 Å². The zero-order valence-corrected chi connectivity index (χ0v) is 17.0. The van der Waals surface area contributed by atoms with Gasteiger partial charge in [0.2, 0.25) is 0 Å². The van der Waals surface area contributed by atoms with Gasteiger partial charge in [-0.15, -0.1) is 11.3 Å². The number of pyridine rings is 1. The molecule has 0 amide bonds. The molecule has 6 heteroatoms. The fourth-order valence-electron chi connectivity index (χ4n) is 3.67. The summed E-state index contributed by atoms with van der Waals surface area (Å²) in [6.07, 6.45) is 7.14. The molecule has 0 bridgehead atoms. The minimum absolute atomic E-state index is 0.0249. The number of halogens is 1. The van der Waals surface area contributed by atoms with Gasteiger partial charge in [0.25, 0.3) is 5.56 Å². The first-order valence-electron chi connectivity index (χ1n) is 8.83. The number of hydrogen-bond donors (Lipinski definition) is 2. The molecule has 2 heterocycles. The number of nitrogens with two attached hydrogens (primary N) is 1. The standard InChI is InChI=1S/C22H18ClN3OS/c1-22(2)10-13(4-3-12-5-7-14(23)8-6-12)9-15-17-18(25)16(11-24)20(27)26-21(17)28-19(15)22/h3-9H,10H2,1-2H3,(H3,25,26,27)/b4-3+. The molecule has 2 aromatic heterocycles. The number of aromatic amines is 1. The Morgan fingerprint density at radius 1 is 1.29 bits per heavy atom. The molecule has 3 N–H and O–H groups in total. The third-order valence-corrected chi connectivity index (χ3v) is 6.74. The number of aromatic nitrogens is 1. The predicted octanol–water partition coefficient (Wildman–Crippen LogP) is 5.47. The molecule has 0 saturated heterocycles. The van der Waals surface area contributed by atoms with Crippen LogP contribution < -0.4 is 11.3 Å². The molecule has 0 atom stereocenters. The van der Waals surface area contributed by atoms with E-state index in [2.05, 4.69) is 37.1 Å². The van der Waals surface area contributed by atoms with Crippen molar-refractivity contribution in [3.63, 3.8) is 0 Å². The first kappa shape index (κ1) is 18.5. The maximum atomic E-state index is 12.1. The molecule has 0 radical (unpaired) electrons. The van der Waals surface area contributed by atoms with Crippen molar-refractivity contribution in [1.82, 2.24) is 4.98 Å². The molecule has 28 heavy (non-hydrogen) atoms. The van der Waals surface area contributed by atoms with Gasteiger partial charge in [-0.25, -0.2) is 0 Å². The number of thiophene rings is 1. The van der Waals surface area contributed by atoms with Gasteiger partial charge < -0.3 is 10.7 Å². The van der Waals surface area contributed by atoms with Gasteiger partial charge in [-0.2, -0.15) is 5.26 Å². The number of nitrogens with zero attached hydrogens (tertiary/aromatic N) is 1. The fraction of sp³-hybridized carbons (Fsp3) is 0.182. The number of rotatable bonds is 2. The zero-order chi connectivity index (χ0) is 20.1. The molecule has 0 saturated carbocycles. The van der Waals surface area contributed by atoms with Crippen LogP contribution in [-0.4, -0.2) is 4.98 Å². The number of hydrogen-bond acceptors (Lipinski definition) is 4. The van der Waals surface area contributed by atoms with Gasteiger partial charge in [0.05, 0.1) is 5.69 Å². The van der Waals surface area contributed by atoms with Crippen molar-refractivity contribution in [2.75, 3.05) is 5.73 Å². The first-order valence-corrected chi connectivity index (χ1v) is 10.0. The van der Waals surface area contributed by atoms with E-state index in [1.807, 2.05) is 30.3 Å². The summed E-state index contributed by atoms with van der Waals surface area (Å²) in [5.41, 5.74) is 9.14. The summed E-state index contributed by atoms with van der Waals surface area (Å²) in [5.74, 6) is 0. The van der Waals surface area contributed by atoms with Crippen molar-refractivity contribution in [2.45, 2.75) is 25.7 Å². The number of H-pyrrole nitrogens is 1. The van der Waals surface area contributed by atoms with Crippen molar-refractivity contribution >= 4 is 51.0 Å². The molecule has 3 aromatic rings. The average molecular weight is 408 g/mol. The van der Waals surface area contributed by atoms with E-state index in [9.17, 15) is 10.1 Å². The number of nitriles is 1. The van der Waals surface area contributed by atoms with Crippen molar-refractivity contribution in [1.29, 1.82) is 5.26 Å². The Kier molecular flexibility index (Phi) is 4.41. The highest BCUT2D eigenvalue weighted by atomic mass is 35.5. The van der Waals surface area contributed by atoms with Gasteiger partial charge in [0, 0.05) is 26.3 Å². The van der Waals surface area contributed by atoms with E-state index in [-0.39, 0.29) is 16.7 Å². The molecule has 4 nitrogen and oxygen atoms in total. The predicted molar refractivity (Wildman–Crippen MR) is 118 cm³/mol. The Balaban J connectivity index is 1.88. The maximum Gasteiger partial charge on any atom is 0.269 e. The van der Waals surface area contributed by atoms with E-state index in [0.29, 0.717) is 5.02 Å². The van der Waals surface area contributed by atoms with Crippen LogP contribution in [-0.2, 0) is 5.41 Å². The van der Waals surface area contributed by atoms with E-state index in [0.717, 1.165) is 33.3 Å². The minimum atomic E-state index is -0.434. The number of anilines is 1. The number of benzene rings is 1.